The molecule has 10 aromatic carbocycles. The van der Waals surface area contributed by atoms with Crippen LogP contribution < -0.4 is 19.6 Å². The first kappa shape index (κ1) is 103. The lowest BCUT2D eigenvalue weighted by Gasteiger charge is -2.40. The zero-order valence-corrected chi connectivity index (χ0v) is 85.2. The van der Waals surface area contributed by atoms with Gasteiger partial charge in [-0.25, -0.2) is 14.8 Å². The summed E-state index contributed by atoms with van der Waals surface area (Å²) in [6.07, 6.45) is 5.01. The molecular formula is C114H138Cl2N14O3S3. The van der Waals surface area contributed by atoms with Gasteiger partial charge < -0.3 is 49.0 Å². The second-order valence-corrected chi connectivity index (χ2v) is 41.3. The van der Waals surface area contributed by atoms with Crippen LogP contribution in [0.15, 0.2) is 347 Å². The Hall–Kier alpha value is -10.2. The van der Waals surface area contributed by atoms with Crippen LogP contribution in [0.1, 0.15) is 90.0 Å². The highest BCUT2D eigenvalue weighted by molar-refractivity contribution is 8.00. The predicted octanol–water partition coefficient (Wildman–Crippen LogP) is 23.5. The Balaban J connectivity index is 0.000000140. The summed E-state index contributed by atoms with van der Waals surface area (Å²) in [7, 11) is 14.9. The number of aliphatic carboxylic acids is 1. The lowest BCUT2D eigenvalue weighted by atomic mass is 9.87. The Morgan fingerprint density at radius 2 is 0.890 bits per heavy atom. The van der Waals surface area contributed by atoms with Crippen molar-refractivity contribution in [2.75, 3.05) is 193 Å². The Kier molecular flexibility index (Phi) is 40.3. The summed E-state index contributed by atoms with van der Waals surface area (Å²) in [6, 6.07) is 110. The van der Waals surface area contributed by atoms with Gasteiger partial charge >= 0.3 is 5.97 Å². The number of rotatable bonds is 30. The number of nitrogens with zero attached hydrogens (tertiary/aromatic N) is 14. The van der Waals surface area contributed by atoms with Gasteiger partial charge in [-0.05, 0) is 228 Å². The molecule has 3 fully saturated rings. The van der Waals surface area contributed by atoms with E-state index in [1.807, 2.05) is 90.5 Å². The summed E-state index contributed by atoms with van der Waals surface area (Å²) >= 11 is 17.8. The summed E-state index contributed by atoms with van der Waals surface area (Å²) in [5.74, 6) is 1.92. The van der Waals surface area contributed by atoms with Crippen molar-refractivity contribution in [3.8, 4) is 0 Å². The molecule has 5 aliphatic heterocycles. The van der Waals surface area contributed by atoms with Crippen LogP contribution in [0.5, 0.6) is 0 Å². The van der Waals surface area contributed by atoms with E-state index in [-0.39, 0.29) is 24.1 Å². The van der Waals surface area contributed by atoms with Gasteiger partial charge in [-0.3, -0.25) is 19.6 Å². The van der Waals surface area contributed by atoms with Gasteiger partial charge in [-0.1, -0.05) is 274 Å². The van der Waals surface area contributed by atoms with Crippen molar-refractivity contribution in [2.45, 2.75) is 96.9 Å². The second kappa shape index (κ2) is 53.1. The van der Waals surface area contributed by atoms with Gasteiger partial charge in [-0.15, -0.1) is 11.3 Å². The largest absolute Gasteiger partial charge is 0.480 e. The van der Waals surface area contributed by atoms with Crippen LogP contribution in [0.4, 0.5) is 34.4 Å². The fourth-order valence-electron chi connectivity index (χ4n) is 17.4. The van der Waals surface area contributed by atoms with Crippen molar-refractivity contribution >= 4 is 98.4 Å². The molecule has 0 saturated carbocycles. The van der Waals surface area contributed by atoms with E-state index >= 15 is 0 Å². The number of benzene rings is 10. The first-order valence-electron chi connectivity index (χ1n) is 47.7. The van der Waals surface area contributed by atoms with Crippen LogP contribution in [0.25, 0.3) is 0 Å². The summed E-state index contributed by atoms with van der Waals surface area (Å²) in [4.78, 5) is 55.0. The monoisotopic (exact) mass is 1920 g/mol. The van der Waals surface area contributed by atoms with Crippen molar-refractivity contribution in [3.05, 3.63) is 381 Å². The Morgan fingerprint density at radius 1 is 0.463 bits per heavy atom. The van der Waals surface area contributed by atoms with Gasteiger partial charge in [0.05, 0.1) is 48.0 Å². The third-order valence-corrected chi connectivity index (χ3v) is 28.8. The van der Waals surface area contributed by atoms with E-state index in [4.69, 9.17) is 33.0 Å². The molecule has 4 unspecified atom stereocenters. The summed E-state index contributed by atoms with van der Waals surface area (Å²) in [6.45, 7) is 29.5. The molecule has 4 atom stereocenters. The van der Waals surface area contributed by atoms with Crippen LogP contribution in [0.2, 0.25) is 10.0 Å². The van der Waals surface area contributed by atoms with Gasteiger partial charge in [0.2, 0.25) is 0 Å². The minimum Gasteiger partial charge on any atom is -0.480 e. The number of hydrogen-bond acceptors (Lipinski definition) is 19. The number of likely N-dealkylation sites (tertiary alicyclic amines) is 1. The number of carbonyl (C=O) groups is 1. The number of piperazine rings is 2. The maximum Gasteiger partial charge on any atom is 0.329 e. The number of thiophene rings is 1. The Bertz CT molecular complexity index is 5540. The second-order valence-electron chi connectivity index (χ2n) is 37.2. The van der Waals surface area contributed by atoms with Crippen molar-refractivity contribution in [1.29, 1.82) is 0 Å². The molecule has 0 spiro atoms. The minimum atomic E-state index is -0.923. The fraction of sp³-hybridized carbons (Fsp3) is 0.342. The molecule has 136 heavy (non-hydrogen) atoms. The number of pyridine rings is 2. The summed E-state index contributed by atoms with van der Waals surface area (Å²) in [5.41, 5.74) is 14.9. The molecule has 0 radical (unpaired) electrons. The minimum absolute atomic E-state index is 0.203. The number of hydrogen-bond donors (Lipinski definition) is 1. The topological polar surface area (TPSA) is 111 Å². The quantitative estimate of drug-likeness (QED) is 0.0431. The van der Waals surface area contributed by atoms with E-state index < -0.39 is 5.97 Å². The van der Waals surface area contributed by atoms with Crippen LogP contribution in [-0.4, -0.2) is 240 Å². The molecular weight excluding hydrogens is 1780 g/mol. The highest BCUT2D eigenvalue weighted by atomic mass is 35.5. The highest BCUT2D eigenvalue weighted by Gasteiger charge is 2.32. The zero-order valence-electron chi connectivity index (χ0n) is 81.3. The Labute approximate surface area is 833 Å². The average Bonchev–Trinajstić information content (AvgIpc) is 1.01. The zero-order chi connectivity index (χ0) is 95.6. The molecule has 22 heteroatoms. The lowest BCUT2D eigenvalue weighted by Crippen LogP contribution is -2.48. The molecule has 18 rings (SSSR count). The van der Waals surface area contributed by atoms with E-state index in [1.165, 1.54) is 106 Å². The molecule has 3 saturated heterocycles. The Morgan fingerprint density at radius 3 is 1.30 bits per heavy atom. The number of para-hydroxylation sites is 4. The number of carboxylic acid groups (broad SMARTS) is 1. The van der Waals surface area contributed by atoms with Crippen molar-refractivity contribution < 1.29 is 14.6 Å². The maximum atomic E-state index is 10.5. The van der Waals surface area contributed by atoms with E-state index in [1.54, 1.807) is 11.3 Å². The van der Waals surface area contributed by atoms with Crippen molar-refractivity contribution in [1.82, 2.24) is 49.2 Å². The number of ether oxygens (including phenoxy) is 1. The fourth-order valence-corrected chi connectivity index (χ4v) is 20.6. The van der Waals surface area contributed by atoms with Gasteiger partial charge in [0.25, 0.3) is 0 Å². The number of halogens is 2. The smallest absolute Gasteiger partial charge is 0.329 e. The van der Waals surface area contributed by atoms with Gasteiger partial charge in [0.1, 0.15) is 18.2 Å². The number of anilines is 6. The number of likely N-dealkylation sites (N-methyl/N-ethyl adjacent to an activating group) is 3. The van der Waals surface area contributed by atoms with Crippen LogP contribution in [0, 0.1) is 5.92 Å². The first-order valence-corrected chi connectivity index (χ1v) is 51.0. The molecule has 0 aliphatic carbocycles. The van der Waals surface area contributed by atoms with E-state index in [9.17, 15) is 4.79 Å². The molecule has 0 amide bonds. The highest BCUT2D eigenvalue weighted by Crippen LogP contribution is 2.50. The molecule has 17 nitrogen and oxygen atoms in total. The van der Waals surface area contributed by atoms with Crippen LogP contribution in [-0.2, 0) is 34.6 Å². The third-order valence-electron chi connectivity index (χ3n) is 25.2. The van der Waals surface area contributed by atoms with Crippen molar-refractivity contribution in [2.24, 2.45) is 5.92 Å². The maximum absolute atomic E-state index is 10.5. The molecule has 1 N–H and O–H groups in total. The van der Waals surface area contributed by atoms with Crippen LogP contribution >= 0.6 is 58.1 Å². The molecule has 3 aromatic heterocycles. The summed E-state index contributed by atoms with van der Waals surface area (Å²) in [5, 5.41) is 12.3. The standard InChI is InChI=1S/C28H33ClN2.C21H25ClN2O3.C18H20N2S.C17H20N2S.C16H21N3.C14H19N3S/c1-28(2,3)25-13-9-22(10-14-25)21-30-17-19-31(20-18-30)27(23-7-5-4-6-8-23)24-11-15-26(29)16-12-24;22-19-8-6-18(7-9-19)21(17-4-2-1-3-5-17)24-12-10-23(11-13-24)14-15-27-16-20(25)26;1-19-11-10-14(12-19)13-20-15-6-2-4-8-17(15)21-18-9-5-3-7-16(18)20;1-13(18(2)3)12-19-14-8-4-6-10-16(14)20-17-11-7-5-9-15(17)19;1-18(2)12-13-19(16-10-6-7-11-17-16)14-15-8-4-3-5-9-15;1-16(2)9-10-17(12-13-6-5-11-18-13)14-7-3-4-8-15-14/h4-16,27H,17-21H2,1-3H3;1-9,21H,10-16H2,(H,25,26);2-9,14H,10-13H2,1H3;4-11,13H,12H2,1-3H3;3-11H,12-14H2,1-2H3;3-8,11H,9-10,12H2,1-2H3. The normalized spacial score (nSPS) is 15.6. The van der Waals surface area contributed by atoms with Gasteiger partial charge in [0, 0.05) is 171 Å². The van der Waals surface area contributed by atoms with Crippen LogP contribution in [0.3, 0.4) is 0 Å². The molecule has 13 aromatic rings. The van der Waals surface area contributed by atoms with Gasteiger partial charge in [0.15, 0.2) is 0 Å². The molecule has 714 valence electrons. The van der Waals surface area contributed by atoms with Gasteiger partial charge in [-0.2, -0.15) is 0 Å². The first-order chi connectivity index (χ1) is 66.0. The van der Waals surface area contributed by atoms with E-state index in [0.717, 1.165) is 145 Å². The van der Waals surface area contributed by atoms with Crippen molar-refractivity contribution in [3.63, 3.8) is 0 Å². The molecule has 5 aliphatic rings. The molecule has 0 bridgehead atoms. The predicted molar refractivity (Wildman–Crippen MR) is 573 cm³/mol. The number of fused-ring (bicyclic) bond motifs is 4. The van der Waals surface area contributed by atoms with E-state index in [0.29, 0.717) is 12.6 Å². The number of aromatic nitrogens is 2. The number of carboxylic acids is 1. The lowest BCUT2D eigenvalue weighted by molar-refractivity contribution is -0.142. The summed E-state index contributed by atoms with van der Waals surface area (Å²) < 4.78 is 5.15. The molecule has 8 heterocycles. The SMILES string of the molecule is CC(C)(C)c1ccc(CN2CCN(C(c3ccccc3)c3ccc(Cl)cc3)CC2)cc1.CC(CN1c2ccccc2Sc2ccccc21)N(C)C.CN(C)CCN(Cc1ccccc1)c1ccccn1.CN(C)CCN(Cc1cccs1)c1ccccn1.CN1CCC(CN2c3ccccc3Sc3ccccc32)C1.O=C(O)COCCN1CCN(C(c2ccccc2)c2ccc(Cl)cc2)CC1. The van der Waals surface area contributed by atoms with E-state index in [2.05, 4.69) is 406 Å². The third kappa shape index (κ3) is 31.7. The average molecular weight is 1920 g/mol.